The van der Waals surface area contributed by atoms with Gasteiger partial charge < -0.3 is 5.32 Å². The van der Waals surface area contributed by atoms with Crippen molar-refractivity contribution in [3.05, 3.63) is 35.0 Å². The van der Waals surface area contributed by atoms with E-state index in [1.54, 1.807) is 0 Å². The number of piperidine rings is 1. The number of thiophene rings is 1. The van der Waals surface area contributed by atoms with E-state index < -0.39 is 0 Å². The molecule has 2 unspecified atom stereocenters. The lowest BCUT2D eigenvalue weighted by Crippen LogP contribution is -2.36. The molecule has 1 fully saturated rings. The molecule has 16 heavy (non-hydrogen) atoms. The fraction of sp³-hybridized carbons (Fsp3) is 0.538. The molecular formula is C13H20ClNS. The number of halogens is 1. The molecule has 2 heterocycles. The highest BCUT2D eigenvalue weighted by atomic mass is 35.5. The van der Waals surface area contributed by atoms with Crippen LogP contribution in [0.2, 0.25) is 0 Å². The van der Waals surface area contributed by atoms with Gasteiger partial charge in [-0.3, -0.25) is 0 Å². The SMILES string of the molecule is C=CCCC1CCCC(c2cccs2)N1.Cl. The monoisotopic (exact) mass is 257 g/mol. The van der Waals surface area contributed by atoms with Gasteiger partial charge in [0.15, 0.2) is 0 Å². The van der Waals surface area contributed by atoms with Crippen molar-refractivity contribution in [2.24, 2.45) is 0 Å². The number of hydrogen-bond donors (Lipinski definition) is 1. The highest BCUT2D eigenvalue weighted by Crippen LogP contribution is 2.29. The lowest BCUT2D eigenvalue weighted by Gasteiger charge is -2.30. The summed E-state index contributed by atoms with van der Waals surface area (Å²) in [6, 6.07) is 5.70. The maximum absolute atomic E-state index is 3.79. The molecule has 0 saturated carbocycles. The van der Waals surface area contributed by atoms with Crippen LogP contribution in [-0.4, -0.2) is 6.04 Å². The Balaban J connectivity index is 0.00000128. The standard InChI is InChI=1S/C13H19NS.ClH/c1-2-3-6-11-7-4-8-12(14-11)13-9-5-10-15-13;/h2,5,9-12,14H,1,3-4,6-8H2;1H. The summed E-state index contributed by atoms with van der Waals surface area (Å²) in [6.45, 7) is 3.79. The van der Waals surface area contributed by atoms with Gasteiger partial charge in [-0.15, -0.1) is 30.3 Å². The first-order valence-electron chi connectivity index (χ1n) is 5.80. The van der Waals surface area contributed by atoms with Crippen molar-refractivity contribution in [1.82, 2.24) is 5.32 Å². The molecule has 1 aliphatic rings. The largest absolute Gasteiger partial charge is 0.306 e. The number of nitrogens with one attached hydrogen (secondary N) is 1. The van der Waals surface area contributed by atoms with Crippen LogP contribution < -0.4 is 5.32 Å². The van der Waals surface area contributed by atoms with Crippen molar-refractivity contribution in [2.75, 3.05) is 0 Å². The average Bonchev–Trinajstić information content (AvgIpc) is 2.80. The van der Waals surface area contributed by atoms with Crippen molar-refractivity contribution < 1.29 is 0 Å². The van der Waals surface area contributed by atoms with Crippen LogP contribution in [0.3, 0.4) is 0 Å². The van der Waals surface area contributed by atoms with E-state index in [0.717, 1.165) is 6.42 Å². The zero-order valence-corrected chi connectivity index (χ0v) is 11.2. The average molecular weight is 258 g/mol. The minimum absolute atomic E-state index is 0. The summed E-state index contributed by atoms with van der Waals surface area (Å²) >= 11 is 1.87. The van der Waals surface area contributed by atoms with E-state index in [-0.39, 0.29) is 12.4 Å². The van der Waals surface area contributed by atoms with Crippen LogP contribution in [0.4, 0.5) is 0 Å². The summed E-state index contributed by atoms with van der Waals surface area (Å²) in [5, 5.41) is 5.92. The van der Waals surface area contributed by atoms with Gasteiger partial charge in [0.25, 0.3) is 0 Å². The molecule has 3 heteroatoms. The van der Waals surface area contributed by atoms with Crippen LogP contribution in [0, 0.1) is 0 Å². The van der Waals surface area contributed by atoms with Gasteiger partial charge in [0.2, 0.25) is 0 Å². The molecule has 1 aromatic rings. The zero-order chi connectivity index (χ0) is 10.5. The van der Waals surface area contributed by atoms with Crippen LogP contribution in [0.5, 0.6) is 0 Å². The molecule has 1 nitrogen and oxygen atoms in total. The summed E-state index contributed by atoms with van der Waals surface area (Å²) in [6.07, 6.45) is 8.38. The molecule has 1 saturated heterocycles. The summed E-state index contributed by atoms with van der Waals surface area (Å²) in [5.74, 6) is 0. The Bertz CT molecular complexity index is 297. The Morgan fingerprint density at radius 3 is 3.06 bits per heavy atom. The summed E-state index contributed by atoms with van der Waals surface area (Å²) in [7, 11) is 0. The van der Waals surface area contributed by atoms with Gasteiger partial charge in [0.1, 0.15) is 0 Å². The first kappa shape index (κ1) is 13.8. The molecule has 2 atom stereocenters. The van der Waals surface area contributed by atoms with Gasteiger partial charge in [-0.05, 0) is 43.6 Å². The van der Waals surface area contributed by atoms with Crippen molar-refractivity contribution in [3.8, 4) is 0 Å². The van der Waals surface area contributed by atoms with E-state index in [1.165, 1.54) is 30.6 Å². The van der Waals surface area contributed by atoms with Crippen molar-refractivity contribution in [2.45, 2.75) is 44.2 Å². The van der Waals surface area contributed by atoms with E-state index in [2.05, 4.69) is 29.4 Å². The van der Waals surface area contributed by atoms with Crippen LogP contribution in [-0.2, 0) is 0 Å². The lowest BCUT2D eigenvalue weighted by atomic mass is 9.95. The van der Waals surface area contributed by atoms with Crippen LogP contribution in [0.15, 0.2) is 30.2 Å². The molecule has 0 spiro atoms. The quantitative estimate of drug-likeness (QED) is 0.793. The molecule has 1 aliphatic heterocycles. The molecule has 0 bridgehead atoms. The highest BCUT2D eigenvalue weighted by molar-refractivity contribution is 7.10. The maximum atomic E-state index is 3.79. The van der Waals surface area contributed by atoms with Crippen molar-refractivity contribution in [1.29, 1.82) is 0 Å². The minimum atomic E-state index is 0. The predicted octanol–water partition coefficient (Wildman–Crippen LogP) is 4.32. The Morgan fingerprint density at radius 1 is 1.50 bits per heavy atom. The second kappa shape index (κ2) is 7.10. The number of rotatable bonds is 4. The lowest BCUT2D eigenvalue weighted by molar-refractivity contribution is 0.316. The zero-order valence-electron chi connectivity index (χ0n) is 9.52. The highest BCUT2D eigenvalue weighted by Gasteiger charge is 2.21. The van der Waals surface area contributed by atoms with Crippen LogP contribution >= 0.6 is 23.7 Å². The Morgan fingerprint density at radius 2 is 2.38 bits per heavy atom. The summed E-state index contributed by atoms with van der Waals surface area (Å²) < 4.78 is 0. The van der Waals surface area contributed by atoms with E-state index in [1.807, 2.05) is 17.4 Å². The van der Waals surface area contributed by atoms with E-state index in [4.69, 9.17) is 0 Å². The predicted molar refractivity (Wildman–Crippen MR) is 74.5 cm³/mol. The van der Waals surface area contributed by atoms with Gasteiger partial charge in [-0.2, -0.15) is 0 Å². The normalized spacial score (nSPS) is 24.8. The molecule has 1 N–H and O–H groups in total. The fourth-order valence-corrected chi connectivity index (χ4v) is 3.10. The van der Waals surface area contributed by atoms with E-state index >= 15 is 0 Å². The fourth-order valence-electron chi connectivity index (χ4n) is 2.28. The maximum Gasteiger partial charge on any atom is 0.0416 e. The van der Waals surface area contributed by atoms with Gasteiger partial charge in [-0.1, -0.05) is 12.1 Å². The second-order valence-electron chi connectivity index (χ2n) is 4.23. The third-order valence-electron chi connectivity index (χ3n) is 3.09. The van der Waals surface area contributed by atoms with Gasteiger partial charge >= 0.3 is 0 Å². The number of hydrogen-bond acceptors (Lipinski definition) is 2. The molecule has 0 radical (unpaired) electrons. The smallest absolute Gasteiger partial charge is 0.0416 e. The minimum Gasteiger partial charge on any atom is -0.306 e. The first-order chi connectivity index (χ1) is 7.40. The third kappa shape index (κ3) is 3.62. The molecule has 0 aliphatic carbocycles. The molecule has 0 amide bonds. The van der Waals surface area contributed by atoms with Gasteiger partial charge in [0.05, 0.1) is 0 Å². The van der Waals surface area contributed by atoms with E-state index in [9.17, 15) is 0 Å². The van der Waals surface area contributed by atoms with Gasteiger partial charge in [-0.25, -0.2) is 0 Å². The van der Waals surface area contributed by atoms with E-state index in [0.29, 0.717) is 12.1 Å². The van der Waals surface area contributed by atoms with Crippen molar-refractivity contribution >= 4 is 23.7 Å². The molecule has 90 valence electrons. The molecule has 1 aromatic heterocycles. The molecule has 0 aromatic carbocycles. The Labute approximate surface area is 108 Å². The number of allylic oxidation sites excluding steroid dienone is 1. The third-order valence-corrected chi connectivity index (χ3v) is 4.07. The Hall–Kier alpha value is -0.310. The summed E-state index contributed by atoms with van der Waals surface area (Å²) in [4.78, 5) is 1.50. The topological polar surface area (TPSA) is 12.0 Å². The molecular weight excluding hydrogens is 238 g/mol. The molecule has 2 rings (SSSR count). The van der Waals surface area contributed by atoms with Gasteiger partial charge in [0, 0.05) is 17.0 Å². The van der Waals surface area contributed by atoms with Crippen molar-refractivity contribution in [3.63, 3.8) is 0 Å². The first-order valence-corrected chi connectivity index (χ1v) is 6.68. The second-order valence-corrected chi connectivity index (χ2v) is 5.21. The van der Waals surface area contributed by atoms with Crippen LogP contribution in [0.1, 0.15) is 43.0 Å². The Kier molecular flexibility index (Phi) is 6.10. The summed E-state index contributed by atoms with van der Waals surface area (Å²) in [5.41, 5.74) is 0. The van der Waals surface area contributed by atoms with Crippen LogP contribution in [0.25, 0.3) is 0 Å².